The number of fused-ring (bicyclic) bond motifs is 1. The number of carbonyl (C=O) groups is 2. The fourth-order valence-corrected chi connectivity index (χ4v) is 4.94. The van der Waals surface area contributed by atoms with Crippen molar-refractivity contribution < 1.29 is 14.0 Å². The van der Waals surface area contributed by atoms with Crippen molar-refractivity contribution in [3.63, 3.8) is 0 Å². The summed E-state index contributed by atoms with van der Waals surface area (Å²) in [7, 11) is 0. The Hall–Kier alpha value is -1.66. The van der Waals surface area contributed by atoms with Crippen LogP contribution in [0.4, 0.5) is 4.39 Å². The molecule has 3 heterocycles. The lowest BCUT2D eigenvalue weighted by Gasteiger charge is -2.29. The molecule has 7 heteroatoms. The van der Waals surface area contributed by atoms with Crippen LogP contribution < -0.4 is 5.32 Å². The summed E-state index contributed by atoms with van der Waals surface area (Å²) in [5.41, 5.74) is 0.880. The van der Waals surface area contributed by atoms with E-state index in [0.717, 1.165) is 44.5 Å². The number of rotatable bonds is 4. The molecule has 0 saturated carbocycles. The van der Waals surface area contributed by atoms with Gasteiger partial charge in [-0.1, -0.05) is 18.6 Å². The van der Waals surface area contributed by atoms with Crippen molar-refractivity contribution in [1.29, 1.82) is 0 Å². The predicted octanol–water partition coefficient (Wildman–Crippen LogP) is 2.76. The van der Waals surface area contributed by atoms with Gasteiger partial charge in [0.05, 0.1) is 6.04 Å². The van der Waals surface area contributed by atoms with E-state index in [9.17, 15) is 14.0 Å². The quantitative estimate of drug-likeness (QED) is 0.831. The second-order valence-corrected chi connectivity index (χ2v) is 8.07. The number of halogens is 2. The summed E-state index contributed by atoms with van der Waals surface area (Å²) in [4.78, 5) is 29.0. The number of hydrogen-bond donors (Lipinski definition) is 1. The maximum atomic E-state index is 13.8. The van der Waals surface area contributed by atoms with Crippen LogP contribution in [-0.2, 0) is 9.59 Å². The summed E-state index contributed by atoms with van der Waals surface area (Å²) in [5, 5.41) is 3.41. The molecule has 0 spiro atoms. The van der Waals surface area contributed by atoms with Crippen LogP contribution in [0.3, 0.4) is 0 Å². The summed E-state index contributed by atoms with van der Waals surface area (Å²) >= 11 is 0. The molecular formula is C21H29ClFN3O2. The molecule has 3 atom stereocenters. The van der Waals surface area contributed by atoms with E-state index in [4.69, 9.17) is 0 Å². The molecule has 2 amide bonds. The zero-order chi connectivity index (χ0) is 18.8. The number of nitrogens with one attached hydrogen (secondary N) is 1. The summed E-state index contributed by atoms with van der Waals surface area (Å²) in [5.74, 6) is 0.738. The Morgan fingerprint density at radius 3 is 2.89 bits per heavy atom. The first-order chi connectivity index (χ1) is 13.1. The molecule has 1 N–H and O–H groups in total. The molecule has 154 valence electrons. The molecule has 3 fully saturated rings. The Labute approximate surface area is 172 Å². The lowest BCUT2D eigenvalue weighted by Crippen LogP contribution is -2.38. The molecule has 0 radical (unpaired) electrons. The Morgan fingerprint density at radius 1 is 1.21 bits per heavy atom. The highest BCUT2D eigenvalue weighted by molar-refractivity contribution is 5.85. The smallest absolute Gasteiger partial charge is 0.224 e. The van der Waals surface area contributed by atoms with Crippen LogP contribution in [0.25, 0.3) is 0 Å². The van der Waals surface area contributed by atoms with E-state index in [0.29, 0.717) is 37.8 Å². The van der Waals surface area contributed by atoms with Crippen LogP contribution in [0.2, 0.25) is 0 Å². The van der Waals surface area contributed by atoms with E-state index in [1.165, 1.54) is 6.07 Å². The highest BCUT2D eigenvalue weighted by Crippen LogP contribution is 2.43. The third-order valence-electron chi connectivity index (χ3n) is 6.34. The van der Waals surface area contributed by atoms with Crippen LogP contribution >= 0.6 is 12.4 Å². The largest absolute Gasteiger partial charge is 0.342 e. The number of nitrogens with zero attached hydrogens (tertiary/aromatic N) is 2. The van der Waals surface area contributed by atoms with Crippen LogP contribution in [0, 0.1) is 17.7 Å². The Balaban J connectivity index is 0.00000225. The van der Waals surface area contributed by atoms with Gasteiger partial charge in [-0.2, -0.15) is 0 Å². The first kappa shape index (κ1) is 21.1. The van der Waals surface area contributed by atoms with Crippen molar-refractivity contribution in [2.24, 2.45) is 11.8 Å². The van der Waals surface area contributed by atoms with Crippen LogP contribution in [-0.4, -0.2) is 54.3 Å². The normalized spacial score (nSPS) is 27.3. The van der Waals surface area contributed by atoms with Gasteiger partial charge >= 0.3 is 0 Å². The Morgan fingerprint density at radius 2 is 2.07 bits per heavy atom. The predicted molar refractivity (Wildman–Crippen MR) is 108 cm³/mol. The van der Waals surface area contributed by atoms with Gasteiger partial charge in [0.15, 0.2) is 0 Å². The van der Waals surface area contributed by atoms with Crippen molar-refractivity contribution in [3.8, 4) is 0 Å². The van der Waals surface area contributed by atoms with Crippen LogP contribution in [0.1, 0.15) is 43.7 Å². The number of carbonyl (C=O) groups excluding carboxylic acids is 2. The van der Waals surface area contributed by atoms with E-state index >= 15 is 0 Å². The minimum Gasteiger partial charge on any atom is -0.342 e. The molecule has 0 aromatic heterocycles. The third-order valence-corrected chi connectivity index (χ3v) is 6.34. The zero-order valence-electron chi connectivity index (χ0n) is 16.1. The van der Waals surface area contributed by atoms with Crippen molar-refractivity contribution in [3.05, 3.63) is 35.6 Å². The summed E-state index contributed by atoms with van der Waals surface area (Å²) in [6.07, 6.45) is 4.00. The van der Waals surface area contributed by atoms with E-state index in [1.54, 1.807) is 12.1 Å². The topological polar surface area (TPSA) is 52.7 Å². The molecular weight excluding hydrogens is 381 g/mol. The minimum absolute atomic E-state index is 0. The van der Waals surface area contributed by atoms with Gasteiger partial charge in [0, 0.05) is 51.5 Å². The maximum Gasteiger partial charge on any atom is 0.224 e. The van der Waals surface area contributed by atoms with Crippen LogP contribution in [0.5, 0.6) is 0 Å². The van der Waals surface area contributed by atoms with Gasteiger partial charge in [-0.15, -0.1) is 12.4 Å². The Bertz CT molecular complexity index is 717. The first-order valence-electron chi connectivity index (χ1n) is 10.2. The van der Waals surface area contributed by atoms with E-state index in [-0.39, 0.29) is 36.1 Å². The third kappa shape index (κ3) is 4.33. The number of benzene rings is 1. The molecule has 0 unspecified atom stereocenters. The van der Waals surface area contributed by atoms with E-state index in [1.807, 2.05) is 15.9 Å². The molecule has 0 aliphatic carbocycles. The summed E-state index contributed by atoms with van der Waals surface area (Å²) in [6, 6.07) is 6.57. The summed E-state index contributed by atoms with van der Waals surface area (Å²) in [6.45, 7) is 3.74. The fraction of sp³-hybridized carbons (Fsp3) is 0.619. The molecule has 3 aliphatic rings. The molecule has 28 heavy (non-hydrogen) atoms. The maximum absolute atomic E-state index is 13.8. The SMILES string of the molecule is Cl.O=C1CCCCCN1CCC(=O)N1C[C@@H]2CNC[C@@H]2[C@H]1c1cccc(F)c1. The molecule has 3 aliphatic heterocycles. The van der Waals surface area contributed by atoms with Gasteiger partial charge in [0.25, 0.3) is 0 Å². The monoisotopic (exact) mass is 409 g/mol. The van der Waals surface area contributed by atoms with Crippen molar-refractivity contribution in [2.45, 2.75) is 38.1 Å². The average molecular weight is 410 g/mol. The van der Waals surface area contributed by atoms with Gasteiger partial charge < -0.3 is 15.1 Å². The zero-order valence-corrected chi connectivity index (χ0v) is 16.9. The first-order valence-corrected chi connectivity index (χ1v) is 10.2. The molecule has 4 rings (SSSR count). The lowest BCUT2D eigenvalue weighted by atomic mass is 9.89. The molecule has 5 nitrogen and oxygen atoms in total. The molecule has 3 saturated heterocycles. The highest BCUT2D eigenvalue weighted by Gasteiger charge is 2.46. The minimum atomic E-state index is -0.260. The van der Waals surface area contributed by atoms with Gasteiger partial charge in [-0.3, -0.25) is 9.59 Å². The summed E-state index contributed by atoms with van der Waals surface area (Å²) < 4.78 is 13.8. The number of amides is 2. The lowest BCUT2D eigenvalue weighted by molar-refractivity contribution is -0.135. The second kappa shape index (κ2) is 9.23. The Kier molecular flexibility index (Phi) is 6.94. The van der Waals surface area contributed by atoms with Gasteiger partial charge in [-0.05, 0) is 36.5 Å². The van der Waals surface area contributed by atoms with Crippen LogP contribution in [0.15, 0.2) is 24.3 Å². The van der Waals surface area contributed by atoms with Gasteiger partial charge in [-0.25, -0.2) is 4.39 Å². The molecule has 0 bridgehead atoms. The standard InChI is InChI=1S/C21H28FN3O2.ClH/c22-17-6-4-5-15(11-17)21-18-13-23-12-16(18)14-25(21)20(27)8-10-24-9-3-1-2-7-19(24)26;/h4-6,11,16,18,21,23H,1-3,7-10,12-14H2;1H/t16-,18-,21+;/m0./s1. The van der Waals surface area contributed by atoms with Gasteiger partial charge in [0.2, 0.25) is 11.8 Å². The second-order valence-electron chi connectivity index (χ2n) is 8.07. The van der Waals surface area contributed by atoms with E-state index < -0.39 is 0 Å². The van der Waals surface area contributed by atoms with Crippen molar-refractivity contribution in [1.82, 2.24) is 15.1 Å². The highest BCUT2D eigenvalue weighted by atomic mass is 35.5. The van der Waals surface area contributed by atoms with E-state index in [2.05, 4.69) is 5.32 Å². The average Bonchev–Trinajstić information content (AvgIpc) is 3.18. The van der Waals surface area contributed by atoms with Crippen molar-refractivity contribution >= 4 is 24.2 Å². The number of likely N-dealkylation sites (tertiary alicyclic amines) is 2. The fourth-order valence-electron chi connectivity index (χ4n) is 4.94. The number of hydrogen-bond acceptors (Lipinski definition) is 3. The van der Waals surface area contributed by atoms with Gasteiger partial charge in [0.1, 0.15) is 5.82 Å². The van der Waals surface area contributed by atoms with Crippen molar-refractivity contribution in [2.75, 3.05) is 32.7 Å². The molecule has 1 aromatic carbocycles. The molecule has 1 aromatic rings.